The fourth-order valence-corrected chi connectivity index (χ4v) is 2.61. The third-order valence-electron chi connectivity index (χ3n) is 4.44. The number of rotatable bonds is 12. The van der Waals surface area contributed by atoms with Crippen LogP contribution < -0.4 is 20.7 Å². The number of benzene rings is 2. The molecular formula is C23H31N3O4. The van der Waals surface area contributed by atoms with Crippen molar-refractivity contribution in [3.05, 3.63) is 54.1 Å². The zero-order chi connectivity index (χ0) is 21.8. The van der Waals surface area contributed by atoms with Gasteiger partial charge in [0.15, 0.2) is 0 Å². The van der Waals surface area contributed by atoms with Crippen molar-refractivity contribution in [3.8, 4) is 5.75 Å². The van der Waals surface area contributed by atoms with Crippen molar-refractivity contribution in [1.82, 2.24) is 5.32 Å². The highest BCUT2D eigenvalue weighted by atomic mass is 16.5. The van der Waals surface area contributed by atoms with Gasteiger partial charge in [0, 0.05) is 37.2 Å². The number of carbonyl (C=O) groups is 2. The van der Waals surface area contributed by atoms with Crippen LogP contribution in [-0.2, 0) is 9.53 Å². The van der Waals surface area contributed by atoms with Gasteiger partial charge in [0.25, 0.3) is 5.91 Å². The Bertz CT molecular complexity index is 808. The van der Waals surface area contributed by atoms with Gasteiger partial charge in [0.2, 0.25) is 5.91 Å². The van der Waals surface area contributed by atoms with Gasteiger partial charge in [-0.2, -0.15) is 0 Å². The summed E-state index contributed by atoms with van der Waals surface area (Å²) in [5, 5.41) is 8.71. The number of ether oxygens (including phenoxy) is 2. The summed E-state index contributed by atoms with van der Waals surface area (Å²) in [6.45, 7) is 5.34. The quantitative estimate of drug-likeness (QED) is 0.462. The lowest BCUT2D eigenvalue weighted by Gasteiger charge is -2.13. The first-order valence-corrected chi connectivity index (χ1v) is 10.2. The van der Waals surface area contributed by atoms with E-state index in [-0.39, 0.29) is 24.5 Å². The molecule has 2 aromatic rings. The molecule has 0 bridgehead atoms. The zero-order valence-corrected chi connectivity index (χ0v) is 17.9. The number of nitrogens with one attached hydrogen (secondary N) is 3. The predicted molar refractivity (Wildman–Crippen MR) is 119 cm³/mol. The summed E-state index contributed by atoms with van der Waals surface area (Å²) in [7, 11) is 1.63. The van der Waals surface area contributed by atoms with Gasteiger partial charge in [-0.15, -0.1) is 0 Å². The molecule has 7 heteroatoms. The second-order valence-electron chi connectivity index (χ2n) is 6.95. The summed E-state index contributed by atoms with van der Waals surface area (Å²) in [6, 6.07) is 14.4. The lowest BCUT2D eigenvalue weighted by atomic mass is 10.2. The molecule has 0 saturated carbocycles. The number of amides is 2. The molecule has 0 saturated heterocycles. The van der Waals surface area contributed by atoms with Crippen molar-refractivity contribution >= 4 is 23.2 Å². The van der Waals surface area contributed by atoms with Crippen molar-refractivity contribution < 1.29 is 19.1 Å². The van der Waals surface area contributed by atoms with Crippen molar-refractivity contribution in [3.63, 3.8) is 0 Å². The van der Waals surface area contributed by atoms with E-state index in [1.165, 1.54) is 0 Å². The largest absolute Gasteiger partial charge is 0.491 e. The summed E-state index contributed by atoms with van der Waals surface area (Å²) in [4.78, 5) is 24.4. The minimum absolute atomic E-state index is 0.110. The monoisotopic (exact) mass is 413 g/mol. The van der Waals surface area contributed by atoms with Crippen molar-refractivity contribution in [2.75, 3.05) is 37.4 Å². The van der Waals surface area contributed by atoms with Crippen molar-refractivity contribution in [2.24, 2.45) is 0 Å². The zero-order valence-electron chi connectivity index (χ0n) is 17.9. The van der Waals surface area contributed by atoms with Gasteiger partial charge in [-0.25, -0.2) is 0 Å². The van der Waals surface area contributed by atoms with Crippen LogP contribution in [0.15, 0.2) is 48.5 Å². The Morgan fingerprint density at radius 1 is 1.07 bits per heavy atom. The maximum absolute atomic E-state index is 12.2. The minimum atomic E-state index is -0.201. The van der Waals surface area contributed by atoms with Crippen molar-refractivity contribution in [1.29, 1.82) is 0 Å². The van der Waals surface area contributed by atoms with Gasteiger partial charge in [-0.05, 0) is 62.2 Å². The first-order chi connectivity index (χ1) is 14.5. The maximum Gasteiger partial charge on any atom is 0.251 e. The summed E-state index contributed by atoms with van der Waals surface area (Å²) in [5.74, 6) is 0.421. The Kier molecular flexibility index (Phi) is 9.67. The molecule has 0 aliphatic rings. The van der Waals surface area contributed by atoms with Gasteiger partial charge in [-0.1, -0.05) is 13.0 Å². The SMILES string of the molecule is CCC(C)Oc1ccc(NCC(=O)Nc2cccc(C(=O)NCCCOC)c2)cc1. The van der Waals surface area contributed by atoms with Gasteiger partial charge >= 0.3 is 0 Å². The molecule has 2 aromatic carbocycles. The second kappa shape index (κ2) is 12.5. The molecule has 0 aliphatic carbocycles. The molecule has 162 valence electrons. The summed E-state index contributed by atoms with van der Waals surface area (Å²) < 4.78 is 10.7. The van der Waals surface area contributed by atoms with Gasteiger partial charge in [0.05, 0.1) is 12.6 Å². The summed E-state index contributed by atoms with van der Waals surface area (Å²) in [6.07, 6.45) is 1.85. The molecule has 2 amide bonds. The highest BCUT2D eigenvalue weighted by Gasteiger charge is 2.08. The fraction of sp³-hybridized carbons (Fsp3) is 0.391. The molecular weight excluding hydrogens is 382 g/mol. The number of hydrogen-bond acceptors (Lipinski definition) is 5. The molecule has 0 heterocycles. The summed E-state index contributed by atoms with van der Waals surface area (Å²) >= 11 is 0. The highest BCUT2D eigenvalue weighted by molar-refractivity contribution is 5.98. The van der Waals surface area contributed by atoms with Crippen molar-refractivity contribution in [2.45, 2.75) is 32.8 Å². The molecule has 1 atom stereocenters. The molecule has 0 fully saturated rings. The lowest BCUT2D eigenvalue weighted by molar-refractivity contribution is -0.114. The average molecular weight is 414 g/mol. The van der Waals surface area contributed by atoms with E-state index in [4.69, 9.17) is 9.47 Å². The minimum Gasteiger partial charge on any atom is -0.491 e. The molecule has 2 rings (SSSR count). The van der Waals surface area contributed by atoms with Crippen LogP contribution in [0.5, 0.6) is 5.75 Å². The van der Waals surface area contributed by atoms with Crippen LogP contribution in [0.3, 0.4) is 0 Å². The molecule has 0 aliphatic heterocycles. The van der Waals surface area contributed by atoms with E-state index in [9.17, 15) is 9.59 Å². The van der Waals surface area contributed by atoms with E-state index in [1.54, 1.807) is 31.4 Å². The average Bonchev–Trinajstić information content (AvgIpc) is 2.76. The van der Waals surface area contributed by atoms with E-state index in [1.807, 2.05) is 31.2 Å². The van der Waals surface area contributed by atoms with Crippen LogP contribution >= 0.6 is 0 Å². The second-order valence-corrected chi connectivity index (χ2v) is 6.95. The molecule has 0 radical (unpaired) electrons. The van der Waals surface area contributed by atoms with E-state index in [0.717, 1.165) is 24.3 Å². The first kappa shape index (κ1) is 23.2. The van der Waals surface area contributed by atoms with E-state index >= 15 is 0 Å². The van der Waals surface area contributed by atoms with Gasteiger partial charge < -0.3 is 25.4 Å². The molecule has 0 spiro atoms. The van der Waals surface area contributed by atoms with Crippen LogP contribution in [0.2, 0.25) is 0 Å². The van der Waals surface area contributed by atoms with E-state index in [0.29, 0.717) is 24.4 Å². The Morgan fingerprint density at radius 2 is 1.83 bits per heavy atom. The first-order valence-electron chi connectivity index (χ1n) is 10.2. The Hall–Kier alpha value is -3.06. The Morgan fingerprint density at radius 3 is 2.53 bits per heavy atom. The van der Waals surface area contributed by atoms with Crippen LogP contribution in [0.4, 0.5) is 11.4 Å². The van der Waals surface area contributed by atoms with E-state index in [2.05, 4.69) is 22.9 Å². The third kappa shape index (κ3) is 8.13. The van der Waals surface area contributed by atoms with Crippen LogP contribution in [0, 0.1) is 0 Å². The fourth-order valence-electron chi connectivity index (χ4n) is 2.61. The normalized spacial score (nSPS) is 11.4. The standard InChI is InChI=1S/C23H31N3O4/c1-4-17(2)30-21-11-9-19(10-12-21)25-16-22(27)26-20-8-5-7-18(15-20)23(28)24-13-6-14-29-3/h5,7-12,15,17,25H,4,6,13-14,16H2,1-3H3,(H,24,28)(H,26,27). The number of anilines is 2. The molecule has 30 heavy (non-hydrogen) atoms. The predicted octanol–water partition coefficient (Wildman–Crippen LogP) is 3.68. The third-order valence-corrected chi connectivity index (χ3v) is 4.44. The lowest BCUT2D eigenvalue weighted by Crippen LogP contribution is -2.25. The molecule has 0 aromatic heterocycles. The molecule has 7 nitrogen and oxygen atoms in total. The van der Waals surface area contributed by atoms with Gasteiger partial charge in [0.1, 0.15) is 5.75 Å². The number of methoxy groups -OCH3 is 1. The molecule has 1 unspecified atom stereocenters. The Balaban J connectivity index is 1.81. The maximum atomic E-state index is 12.2. The van der Waals surface area contributed by atoms with E-state index < -0.39 is 0 Å². The topological polar surface area (TPSA) is 88.7 Å². The van der Waals surface area contributed by atoms with Crippen LogP contribution in [-0.4, -0.2) is 44.7 Å². The number of hydrogen-bond donors (Lipinski definition) is 3. The van der Waals surface area contributed by atoms with Crippen LogP contribution in [0.25, 0.3) is 0 Å². The smallest absolute Gasteiger partial charge is 0.251 e. The number of carbonyl (C=O) groups excluding carboxylic acids is 2. The van der Waals surface area contributed by atoms with Crippen LogP contribution in [0.1, 0.15) is 37.0 Å². The molecule has 3 N–H and O–H groups in total. The van der Waals surface area contributed by atoms with Gasteiger partial charge in [-0.3, -0.25) is 9.59 Å². The Labute approximate surface area is 178 Å². The summed E-state index contributed by atoms with van der Waals surface area (Å²) in [5.41, 5.74) is 1.89. The highest BCUT2D eigenvalue weighted by Crippen LogP contribution is 2.17.